The topological polar surface area (TPSA) is 33.4 Å². The maximum absolute atomic E-state index is 4.49. The number of hydrogen-bond donors (Lipinski definition) is 0. The van der Waals surface area contributed by atoms with E-state index in [1.807, 2.05) is 30.9 Å². The predicted octanol–water partition coefficient (Wildman–Crippen LogP) is 1.97. The molecule has 82 valence electrons. The standard InChI is InChI=1S/C13H10N4/c1-2-5-11-10(4-1)13-15-6-3-7-16(13)12-8-14-9-17(11)12/h1-6,8-9H,7H2. The van der Waals surface area contributed by atoms with Gasteiger partial charge in [0, 0.05) is 18.3 Å². The van der Waals surface area contributed by atoms with Crippen LogP contribution in [0.3, 0.4) is 0 Å². The highest BCUT2D eigenvalue weighted by Crippen LogP contribution is 2.31. The Kier molecular flexibility index (Phi) is 1.58. The van der Waals surface area contributed by atoms with Gasteiger partial charge in [-0.05, 0) is 18.2 Å². The largest absolute Gasteiger partial charge is 0.306 e. The van der Waals surface area contributed by atoms with Gasteiger partial charge in [-0.15, -0.1) is 0 Å². The minimum absolute atomic E-state index is 0.846. The van der Waals surface area contributed by atoms with Crippen molar-refractivity contribution in [3.63, 3.8) is 0 Å². The molecule has 0 N–H and O–H groups in total. The van der Waals surface area contributed by atoms with Crippen LogP contribution in [0.1, 0.15) is 5.56 Å². The number of aromatic nitrogens is 2. The molecule has 0 bridgehead atoms. The second kappa shape index (κ2) is 3.07. The third-order valence-electron chi connectivity index (χ3n) is 3.15. The molecule has 3 heterocycles. The lowest BCUT2D eigenvalue weighted by Gasteiger charge is -2.32. The summed E-state index contributed by atoms with van der Waals surface area (Å²) < 4.78 is 2.10. The fourth-order valence-electron chi connectivity index (χ4n) is 2.40. The van der Waals surface area contributed by atoms with Crippen molar-refractivity contribution in [3.8, 4) is 5.69 Å². The van der Waals surface area contributed by atoms with E-state index >= 15 is 0 Å². The Labute approximate surface area is 98.5 Å². The number of fused-ring (bicyclic) bond motifs is 6. The smallest absolute Gasteiger partial charge is 0.143 e. The summed E-state index contributed by atoms with van der Waals surface area (Å²) in [6.45, 7) is 0.846. The zero-order valence-corrected chi connectivity index (χ0v) is 9.11. The second-order valence-electron chi connectivity index (χ2n) is 4.09. The molecule has 2 aliphatic heterocycles. The Bertz CT molecular complexity index is 651. The van der Waals surface area contributed by atoms with Crippen LogP contribution in [-0.4, -0.2) is 21.9 Å². The first-order valence-electron chi connectivity index (χ1n) is 5.57. The summed E-state index contributed by atoms with van der Waals surface area (Å²) in [4.78, 5) is 10.9. The number of anilines is 1. The zero-order chi connectivity index (χ0) is 11.2. The molecule has 0 atom stereocenters. The van der Waals surface area contributed by atoms with Gasteiger partial charge in [-0.3, -0.25) is 4.57 Å². The average Bonchev–Trinajstić information content (AvgIpc) is 2.89. The SMILES string of the molecule is C1=CN=C2c3ccccc3-n3cncc3N2C1. The number of rotatable bonds is 0. The van der Waals surface area contributed by atoms with E-state index < -0.39 is 0 Å². The maximum Gasteiger partial charge on any atom is 0.143 e. The molecule has 0 unspecified atom stereocenters. The maximum atomic E-state index is 4.49. The average molecular weight is 222 g/mol. The molecular weight excluding hydrogens is 212 g/mol. The number of imidazole rings is 1. The van der Waals surface area contributed by atoms with Crippen LogP contribution >= 0.6 is 0 Å². The van der Waals surface area contributed by atoms with Gasteiger partial charge in [0.2, 0.25) is 0 Å². The van der Waals surface area contributed by atoms with Crippen molar-refractivity contribution < 1.29 is 0 Å². The Morgan fingerprint density at radius 1 is 1.18 bits per heavy atom. The predicted molar refractivity (Wildman–Crippen MR) is 66.6 cm³/mol. The first-order valence-corrected chi connectivity index (χ1v) is 5.57. The van der Waals surface area contributed by atoms with Crippen molar-refractivity contribution in [2.75, 3.05) is 11.4 Å². The molecule has 0 saturated heterocycles. The van der Waals surface area contributed by atoms with Crippen molar-refractivity contribution in [2.24, 2.45) is 4.99 Å². The minimum Gasteiger partial charge on any atom is -0.306 e. The van der Waals surface area contributed by atoms with Crippen LogP contribution in [0.25, 0.3) is 5.69 Å². The quantitative estimate of drug-likeness (QED) is 0.682. The van der Waals surface area contributed by atoms with Crippen molar-refractivity contribution in [1.82, 2.24) is 9.55 Å². The number of para-hydroxylation sites is 1. The molecule has 17 heavy (non-hydrogen) atoms. The van der Waals surface area contributed by atoms with Crippen molar-refractivity contribution in [2.45, 2.75) is 0 Å². The third-order valence-corrected chi connectivity index (χ3v) is 3.15. The molecule has 0 radical (unpaired) electrons. The molecule has 0 aliphatic carbocycles. The van der Waals surface area contributed by atoms with Gasteiger partial charge in [-0.25, -0.2) is 9.98 Å². The number of benzene rings is 1. The van der Waals surface area contributed by atoms with E-state index in [2.05, 4.69) is 37.7 Å². The van der Waals surface area contributed by atoms with Gasteiger partial charge >= 0.3 is 0 Å². The summed E-state index contributed by atoms with van der Waals surface area (Å²) in [5.41, 5.74) is 2.30. The Morgan fingerprint density at radius 3 is 3.12 bits per heavy atom. The summed E-state index contributed by atoms with van der Waals surface area (Å²) in [7, 11) is 0. The van der Waals surface area contributed by atoms with E-state index in [4.69, 9.17) is 0 Å². The molecule has 4 nitrogen and oxygen atoms in total. The summed E-state index contributed by atoms with van der Waals surface area (Å²) in [5.74, 6) is 2.09. The van der Waals surface area contributed by atoms with Crippen LogP contribution < -0.4 is 4.90 Å². The highest BCUT2D eigenvalue weighted by molar-refractivity contribution is 6.14. The van der Waals surface area contributed by atoms with E-state index in [-0.39, 0.29) is 0 Å². The Hall–Kier alpha value is -2.36. The lowest BCUT2D eigenvalue weighted by Crippen LogP contribution is -2.38. The van der Waals surface area contributed by atoms with Gasteiger partial charge in [0.25, 0.3) is 0 Å². The number of nitrogens with zero attached hydrogens (tertiary/aromatic N) is 4. The highest BCUT2D eigenvalue weighted by atomic mass is 15.3. The van der Waals surface area contributed by atoms with Gasteiger partial charge in [-0.2, -0.15) is 0 Å². The molecule has 2 aromatic rings. The van der Waals surface area contributed by atoms with Crippen LogP contribution in [-0.2, 0) is 0 Å². The van der Waals surface area contributed by atoms with Crippen LogP contribution in [0, 0.1) is 0 Å². The Morgan fingerprint density at radius 2 is 2.12 bits per heavy atom. The monoisotopic (exact) mass is 222 g/mol. The minimum atomic E-state index is 0.846. The van der Waals surface area contributed by atoms with E-state index in [9.17, 15) is 0 Å². The van der Waals surface area contributed by atoms with Crippen LogP contribution in [0.4, 0.5) is 5.82 Å². The van der Waals surface area contributed by atoms with Gasteiger partial charge in [0.15, 0.2) is 0 Å². The van der Waals surface area contributed by atoms with Gasteiger partial charge < -0.3 is 4.90 Å². The van der Waals surface area contributed by atoms with Crippen LogP contribution in [0.5, 0.6) is 0 Å². The molecule has 0 fully saturated rings. The first kappa shape index (κ1) is 8.75. The van der Waals surface area contributed by atoms with Crippen LogP contribution in [0.15, 0.2) is 54.1 Å². The van der Waals surface area contributed by atoms with Gasteiger partial charge in [0.1, 0.15) is 18.0 Å². The molecule has 1 aromatic carbocycles. The van der Waals surface area contributed by atoms with Crippen molar-refractivity contribution >= 4 is 11.7 Å². The lowest BCUT2D eigenvalue weighted by molar-refractivity contribution is 0.952. The second-order valence-corrected chi connectivity index (χ2v) is 4.09. The number of amidine groups is 1. The summed E-state index contributed by atoms with van der Waals surface area (Å²) in [6.07, 6.45) is 7.65. The molecule has 4 rings (SSSR count). The van der Waals surface area contributed by atoms with E-state index in [1.54, 1.807) is 0 Å². The van der Waals surface area contributed by atoms with E-state index in [0.29, 0.717) is 0 Å². The first-order chi connectivity index (χ1) is 8.45. The lowest BCUT2D eigenvalue weighted by atomic mass is 10.1. The molecule has 2 aliphatic rings. The summed E-state index contributed by atoms with van der Waals surface area (Å²) >= 11 is 0. The van der Waals surface area contributed by atoms with E-state index in [0.717, 1.165) is 29.4 Å². The molecular formula is C13H10N4. The van der Waals surface area contributed by atoms with Crippen LogP contribution in [0.2, 0.25) is 0 Å². The van der Waals surface area contributed by atoms with Gasteiger partial charge in [-0.1, -0.05) is 12.1 Å². The van der Waals surface area contributed by atoms with E-state index in [1.165, 1.54) is 0 Å². The highest BCUT2D eigenvalue weighted by Gasteiger charge is 2.27. The fourth-order valence-corrected chi connectivity index (χ4v) is 2.40. The molecule has 0 saturated carbocycles. The van der Waals surface area contributed by atoms with Crippen molar-refractivity contribution in [3.05, 3.63) is 54.6 Å². The molecule has 4 heteroatoms. The number of hydrogen-bond acceptors (Lipinski definition) is 3. The number of aliphatic imine (C=N–C) groups is 1. The summed E-state index contributed by atoms with van der Waals surface area (Å²) in [5, 5.41) is 0. The molecule has 0 amide bonds. The zero-order valence-electron chi connectivity index (χ0n) is 9.11. The van der Waals surface area contributed by atoms with Gasteiger partial charge in [0.05, 0.1) is 11.9 Å². The molecule has 1 aromatic heterocycles. The van der Waals surface area contributed by atoms with Crippen molar-refractivity contribution in [1.29, 1.82) is 0 Å². The third kappa shape index (κ3) is 1.07. The normalized spacial score (nSPS) is 16.0. The molecule has 0 spiro atoms. The fraction of sp³-hybridized carbons (Fsp3) is 0.0769. The Balaban J connectivity index is 2.09. The summed E-state index contributed by atoms with van der Waals surface area (Å²) in [6, 6.07) is 8.28.